The molecule has 0 atom stereocenters. The van der Waals surface area contributed by atoms with Gasteiger partial charge in [-0.3, -0.25) is 0 Å². The van der Waals surface area contributed by atoms with E-state index < -0.39 is 12.5 Å². The third-order valence-electron chi connectivity index (χ3n) is 0. The molecule has 0 amide bonds. The highest BCUT2D eigenvalue weighted by atomic mass is 19.3. The first kappa shape index (κ1) is 10.4. The number of hydrogen-bond acceptors (Lipinski definition) is 0. The van der Waals surface area contributed by atoms with Crippen LogP contribution in [0.5, 0.6) is 0 Å². The van der Waals surface area contributed by atoms with Crippen molar-refractivity contribution in [1.82, 2.24) is 0 Å². The molecule has 0 radical (unpaired) electrons. The summed E-state index contributed by atoms with van der Waals surface area (Å²) in [7, 11) is 0. The van der Waals surface area contributed by atoms with Crippen LogP contribution in [0.4, 0.5) is 17.6 Å². The topological polar surface area (TPSA) is 0 Å². The van der Waals surface area contributed by atoms with Crippen molar-refractivity contribution in [3.63, 3.8) is 0 Å². The maximum absolute atomic E-state index is 10.3. The summed E-state index contributed by atoms with van der Waals surface area (Å²) in [6, 6.07) is 0. The van der Waals surface area contributed by atoms with Gasteiger partial charge in [0, 0.05) is 0 Å². The average Bonchev–Trinajstić information content (AvgIpc) is 1.25. The van der Waals surface area contributed by atoms with Gasteiger partial charge in [-0.1, -0.05) is 0 Å². The first-order chi connectivity index (χ1) is 3.46. The summed E-state index contributed by atoms with van der Waals surface area (Å²) in [5.41, 5.74) is 0. The van der Waals surface area contributed by atoms with Gasteiger partial charge < -0.3 is 0 Å². The van der Waals surface area contributed by atoms with Crippen LogP contribution >= 0.6 is 0 Å². The van der Waals surface area contributed by atoms with E-state index in [9.17, 15) is 17.6 Å². The zero-order chi connectivity index (χ0) is 7.15. The van der Waals surface area contributed by atoms with E-state index in [2.05, 4.69) is 6.58 Å². The van der Waals surface area contributed by atoms with Gasteiger partial charge in [-0.05, 0) is 13.5 Å². The quantitative estimate of drug-likeness (QED) is 0.442. The fourth-order valence-corrected chi connectivity index (χ4v) is 0. The highest BCUT2D eigenvalue weighted by Gasteiger charge is 1.79. The lowest BCUT2D eigenvalue weighted by atomic mass is 10.9. The van der Waals surface area contributed by atoms with Crippen LogP contribution in [0.3, 0.4) is 0 Å². The number of rotatable bonds is 0. The minimum Gasteiger partial charge on any atom is -0.211 e. The van der Waals surface area contributed by atoms with Gasteiger partial charge in [-0.15, -0.1) is 0 Å². The molecule has 0 aromatic carbocycles. The largest absolute Gasteiger partial charge is 0.263 e. The maximum Gasteiger partial charge on any atom is 0.263 e. The molecule has 0 fully saturated rings. The molecule has 0 spiro atoms. The van der Waals surface area contributed by atoms with Crippen LogP contribution < -0.4 is 0 Å². The molecule has 0 unspecified atom stereocenters. The second-order valence-corrected chi connectivity index (χ2v) is 0.858. The molecule has 0 nitrogen and oxygen atoms in total. The van der Waals surface area contributed by atoms with Gasteiger partial charge in [0.25, 0.3) is 6.08 Å². The molecule has 0 bridgehead atoms. The van der Waals surface area contributed by atoms with Crippen LogP contribution in [0, 0.1) is 0 Å². The van der Waals surface area contributed by atoms with Crippen LogP contribution in [0.15, 0.2) is 12.7 Å². The van der Waals surface area contributed by atoms with Crippen molar-refractivity contribution in [3.05, 3.63) is 12.7 Å². The third-order valence-corrected chi connectivity index (χ3v) is 0. The number of alkyl halides is 2. The highest BCUT2D eigenvalue weighted by Crippen LogP contribution is 1.85. The molecule has 0 aromatic heterocycles. The van der Waals surface area contributed by atoms with Crippen molar-refractivity contribution in [2.24, 2.45) is 0 Å². The summed E-state index contributed by atoms with van der Waals surface area (Å²) in [5.74, 6) is 0. The predicted molar refractivity (Wildman–Crippen MR) is 23.0 cm³/mol. The second-order valence-electron chi connectivity index (χ2n) is 0.858. The molecular formula is C4H6F4. The fraction of sp³-hybridized carbons (Fsp3) is 0.500. The molecule has 0 aliphatic heterocycles. The van der Waals surface area contributed by atoms with Crippen LogP contribution in [0.2, 0.25) is 0 Å². The van der Waals surface area contributed by atoms with E-state index in [0.717, 1.165) is 6.92 Å². The standard InChI is InChI=1S/C2H4F2.C2H2F2/c2*1-2(3)4/h2H,1H3;1H2. The van der Waals surface area contributed by atoms with Gasteiger partial charge in [0.1, 0.15) is 0 Å². The van der Waals surface area contributed by atoms with Gasteiger partial charge >= 0.3 is 0 Å². The fourth-order valence-electron chi connectivity index (χ4n) is 0. The van der Waals surface area contributed by atoms with Gasteiger partial charge in [-0.25, -0.2) is 8.78 Å². The van der Waals surface area contributed by atoms with Crippen LogP contribution in [0.25, 0.3) is 0 Å². The summed E-state index contributed by atoms with van der Waals surface area (Å²) in [5, 5.41) is 0. The highest BCUT2D eigenvalue weighted by molar-refractivity contribution is 4.57. The Morgan fingerprint density at radius 3 is 1.38 bits per heavy atom. The monoisotopic (exact) mass is 130 g/mol. The molecule has 0 rings (SSSR count). The third kappa shape index (κ3) is 372. The zero-order valence-corrected chi connectivity index (χ0v) is 4.30. The van der Waals surface area contributed by atoms with Crippen LogP contribution in [-0.2, 0) is 0 Å². The Bertz CT molecular complexity index is 52.3. The lowest BCUT2D eigenvalue weighted by molar-refractivity contribution is 0.171. The summed E-state index contributed by atoms with van der Waals surface area (Å²) in [4.78, 5) is 0. The minimum atomic E-state index is -2.17. The van der Waals surface area contributed by atoms with E-state index in [0.29, 0.717) is 0 Å². The van der Waals surface area contributed by atoms with Gasteiger partial charge in [-0.2, -0.15) is 8.78 Å². The first-order valence-corrected chi connectivity index (χ1v) is 1.75. The number of halogens is 4. The van der Waals surface area contributed by atoms with Crippen molar-refractivity contribution >= 4 is 0 Å². The average molecular weight is 130 g/mol. The molecule has 0 saturated heterocycles. The van der Waals surface area contributed by atoms with Gasteiger partial charge in [0.2, 0.25) is 6.43 Å². The van der Waals surface area contributed by atoms with E-state index in [-0.39, 0.29) is 0 Å². The van der Waals surface area contributed by atoms with E-state index in [1.54, 1.807) is 0 Å². The lowest BCUT2D eigenvalue weighted by Crippen LogP contribution is -1.69. The molecule has 0 saturated carbocycles. The molecule has 4 heteroatoms. The van der Waals surface area contributed by atoms with E-state index in [4.69, 9.17) is 0 Å². The molecule has 0 aliphatic rings. The molecule has 50 valence electrons. The summed E-state index contributed by atoms with van der Waals surface area (Å²) < 4.78 is 40.9. The first-order valence-electron chi connectivity index (χ1n) is 1.75. The molecular weight excluding hydrogens is 124 g/mol. The van der Waals surface area contributed by atoms with E-state index >= 15 is 0 Å². The Labute approximate surface area is 44.8 Å². The Balaban J connectivity index is 0. The van der Waals surface area contributed by atoms with E-state index in [1.807, 2.05) is 0 Å². The number of hydrogen-bond donors (Lipinski definition) is 0. The zero-order valence-electron chi connectivity index (χ0n) is 4.30. The smallest absolute Gasteiger partial charge is 0.211 e. The van der Waals surface area contributed by atoms with Crippen molar-refractivity contribution in [2.45, 2.75) is 13.3 Å². The summed E-state index contributed by atoms with van der Waals surface area (Å²) in [6.07, 6.45) is -4.00. The lowest BCUT2D eigenvalue weighted by Gasteiger charge is -1.70. The summed E-state index contributed by atoms with van der Waals surface area (Å²) >= 11 is 0. The Kier molecular flexibility index (Phi) is 8.43. The minimum absolute atomic E-state index is 0.833. The Hall–Kier alpha value is -0.540. The van der Waals surface area contributed by atoms with Crippen molar-refractivity contribution in [3.8, 4) is 0 Å². The maximum atomic E-state index is 10.3. The van der Waals surface area contributed by atoms with Crippen molar-refractivity contribution < 1.29 is 17.6 Å². The normalized spacial score (nSPS) is 7.75. The molecule has 8 heavy (non-hydrogen) atoms. The van der Waals surface area contributed by atoms with Gasteiger partial charge in [0.15, 0.2) is 0 Å². The molecule has 0 N–H and O–H groups in total. The van der Waals surface area contributed by atoms with E-state index in [1.165, 1.54) is 0 Å². The SMILES string of the molecule is C=C(F)F.CC(F)F. The van der Waals surface area contributed by atoms with Crippen molar-refractivity contribution in [2.75, 3.05) is 0 Å². The van der Waals surface area contributed by atoms with Crippen LogP contribution in [0.1, 0.15) is 6.92 Å². The van der Waals surface area contributed by atoms with Crippen LogP contribution in [-0.4, -0.2) is 6.43 Å². The molecule has 0 aromatic rings. The predicted octanol–water partition coefficient (Wildman–Crippen LogP) is 2.67. The Morgan fingerprint density at radius 2 is 1.38 bits per heavy atom. The van der Waals surface area contributed by atoms with Crippen molar-refractivity contribution in [1.29, 1.82) is 0 Å². The summed E-state index contributed by atoms with van der Waals surface area (Å²) in [6.45, 7) is 3.06. The molecule has 0 heterocycles. The molecule has 0 aliphatic carbocycles. The Morgan fingerprint density at radius 1 is 1.38 bits per heavy atom. The second kappa shape index (κ2) is 6.46. The van der Waals surface area contributed by atoms with Gasteiger partial charge in [0.05, 0.1) is 0 Å².